The minimum absolute atomic E-state index is 0.0312. The van der Waals surface area contributed by atoms with Crippen LogP contribution in [0.1, 0.15) is 5.56 Å². The van der Waals surface area contributed by atoms with E-state index in [4.69, 9.17) is 0 Å². The normalized spacial score (nSPS) is 10.6. The van der Waals surface area contributed by atoms with Crippen molar-refractivity contribution in [2.75, 3.05) is 5.43 Å². The third-order valence-corrected chi connectivity index (χ3v) is 2.36. The molecule has 0 saturated heterocycles. The second-order valence-electron chi connectivity index (χ2n) is 3.73. The van der Waals surface area contributed by atoms with Crippen LogP contribution in [0, 0.1) is 15.9 Å². The molecule has 2 rings (SSSR count). The summed E-state index contributed by atoms with van der Waals surface area (Å²) in [7, 11) is 0. The molecule has 0 aliphatic rings. The van der Waals surface area contributed by atoms with Crippen LogP contribution in [-0.4, -0.2) is 11.1 Å². The van der Waals surface area contributed by atoms with Crippen LogP contribution < -0.4 is 5.43 Å². The molecule has 0 fully saturated rings. The zero-order valence-electron chi connectivity index (χ0n) is 9.79. The van der Waals surface area contributed by atoms with Gasteiger partial charge in [-0.15, -0.1) is 0 Å². The van der Waals surface area contributed by atoms with Gasteiger partial charge in [0, 0.05) is 12.1 Å². The largest absolute Gasteiger partial charge is 0.279 e. The van der Waals surface area contributed by atoms with E-state index < -0.39 is 4.92 Å². The van der Waals surface area contributed by atoms with Crippen LogP contribution >= 0.6 is 0 Å². The standard InChI is InChI=1S/C13H10FN3O2/c14-11-3-5-12(6-4-11)16-15-9-10-1-7-13(8-2-10)17(18)19/h1-9,16H/b15-9+. The number of non-ortho nitro benzene ring substituents is 1. The van der Waals surface area contributed by atoms with Crippen molar-refractivity contribution in [3.63, 3.8) is 0 Å². The Morgan fingerprint density at radius 3 is 2.32 bits per heavy atom. The number of hydrogen-bond acceptors (Lipinski definition) is 4. The van der Waals surface area contributed by atoms with Gasteiger partial charge in [0.25, 0.3) is 5.69 Å². The summed E-state index contributed by atoms with van der Waals surface area (Å²) in [6, 6.07) is 11.7. The number of nitro groups is 1. The van der Waals surface area contributed by atoms with E-state index in [0.29, 0.717) is 5.69 Å². The van der Waals surface area contributed by atoms with Crippen LogP contribution in [0.4, 0.5) is 15.8 Å². The molecule has 0 saturated carbocycles. The van der Waals surface area contributed by atoms with Crippen molar-refractivity contribution >= 4 is 17.6 Å². The second kappa shape index (κ2) is 5.72. The molecule has 5 nitrogen and oxygen atoms in total. The summed E-state index contributed by atoms with van der Waals surface area (Å²) in [5.74, 6) is -0.315. The van der Waals surface area contributed by atoms with Gasteiger partial charge in [0.05, 0.1) is 16.8 Å². The Balaban J connectivity index is 1.98. The minimum atomic E-state index is -0.461. The summed E-state index contributed by atoms with van der Waals surface area (Å²) in [6.45, 7) is 0. The molecule has 0 aromatic heterocycles. The van der Waals surface area contributed by atoms with Gasteiger partial charge in [0.15, 0.2) is 0 Å². The van der Waals surface area contributed by atoms with Gasteiger partial charge in [0.2, 0.25) is 0 Å². The molecule has 0 atom stereocenters. The van der Waals surface area contributed by atoms with Crippen LogP contribution in [0.3, 0.4) is 0 Å². The van der Waals surface area contributed by atoms with E-state index >= 15 is 0 Å². The molecule has 0 radical (unpaired) electrons. The number of hydrazone groups is 1. The molecule has 19 heavy (non-hydrogen) atoms. The highest BCUT2D eigenvalue weighted by Crippen LogP contribution is 2.11. The molecule has 2 aromatic rings. The Morgan fingerprint density at radius 2 is 1.74 bits per heavy atom. The van der Waals surface area contributed by atoms with Crippen LogP contribution in [-0.2, 0) is 0 Å². The third-order valence-electron chi connectivity index (χ3n) is 2.36. The molecular weight excluding hydrogens is 249 g/mol. The van der Waals surface area contributed by atoms with E-state index in [1.54, 1.807) is 24.3 Å². The molecule has 96 valence electrons. The van der Waals surface area contributed by atoms with Crippen LogP contribution in [0.15, 0.2) is 53.6 Å². The maximum Gasteiger partial charge on any atom is 0.269 e. The monoisotopic (exact) mass is 259 g/mol. The summed E-state index contributed by atoms with van der Waals surface area (Å²) < 4.78 is 12.7. The SMILES string of the molecule is O=[N+]([O-])c1ccc(/C=N/Nc2ccc(F)cc2)cc1. The number of nitrogens with one attached hydrogen (secondary N) is 1. The Hall–Kier alpha value is -2.76. The van der Waals surface area contributed by atoms with E-state index in [2.05, 4.69) is 10.5 Å². The maximum atomic E-state index is 12.7. The highest BCUT2D eigenvalue weighted by molar-refractivity contribution is 5.80. The van der Waals surface area contributed by atoms with Crippen LogP contribution in [0.2, 0.25) is 0 Å². The number of benzene rings is 2. The third kappa shape index (κ3) is 3.60. The minimum Gasteiger partial charge on any atom is -0.279 e. The molecule has 0 amide bonds. The summed E-state index contributed by atoms with van der Waals surface area (Å²) in [4.78, 5) is 10.0. The van der Waals surface area contributed by atoms with Crippen molar-refractivity contribution < 1.29 is 9.31 Å². The van der Waals surface area contributed by atoms with Gasteiger partial charge in [-0.25, -0.2) is 4.39 Å². The molecule has 0 spiro atoms. The fraction of sp³-hybridized carbons (Fsp3) is 0. The molecule has 6 heteroatoms. The summed E-state index contributed by atoms with van der Waals surface area (Å²) >= 11 is 0. The molecule has 0 bridgehead atoms. The average Bonchev–Trinajstić information content (AvgIpc) is 2.41. The zero-order chi connectivity index (χ0) is 13.7. The topological polar surface area (TPSA) is 67.5 Å². The number of nitrogens with zero attached hydrogens (tertiary/aromatic N) is 2. The van der Waals surface area contributed by atoms with Crippen molar-refractivity contribution in [2.24, 2.45) is 5.10 Å². The summed E-state index contributed by atoms with van der Waals surface area (Å²) in [5.41, 5.74) is 4.13. The predicted octanol–water partition coefficient (Wildman–Crippen LogP) is 3.18. The van der Waals surface area contributed by atoms with Crippen molar-refractivity contribution in [2.45, 2.75) is 0 Å². The Bertz CT molecular complexity index is 594. The van der Waals surface area contributed by atoms with Gasteiger partial charge in [-0.2, -0.15) is 5.10 Å². The Labute approximate surface area is 108 Å². The van der Waals surface area contributed by atoms with Crippen molar-refractivity contribution in [1.82, 2.24) is 0 Å². The number of nitro benzene ring substituents is 1. The Morgan fingerprint density at radius 1 is 1.11 bits per heavy atom. The van der Waals surface area contributed by atoms with Gasteiger partial charge < -0.3 is 0 Å². The quantitative estimate of drug-likeness (QED) is 0.521. The lowest BCUT2D eigenvalue weighted by molar-refractivity contribution is -0.384. The van der Waals surface area contributed by atoms with E-state index in [1.165, 1.54) is 30.5 Å². The first-order valence-corrected chi connectivity index (χ1v) is 5.44. The lowest BCUT2D eigenvalue weighted by Crippen LogP contribution is -1.91. The highest BCUT2D eigenvalue weighted by Gasteiger charge is 2.02. The maximum absolute atomic E-state index is 12.7. The van der Waals surface area contributed by atoms with Crippen molar-refractivity contribution in [1.29, 1.82) is 0 Å². The smallest absolute Gasteiger partial charge is 0.269 e. The van der Waals surface area contributed by atoms with E-state index in [1.807, 2.05) is 0 Å². The van der Waals surface area contributed by atoms with E-state index in [-0.39, 0.29) is 11.5 Å². The highest BCUT2D eigenvalue weighted by atomic mass is 19.1. The van der Waals surface area contributed by atoms with E-state index in [9.17, 15) is 14.5 Å². The number of hydrogen-bond donors (Lipinski definition) is 1. The lowest BCUT2D eigenvalue weighted by Gasteiger charge is -1.99. The first-order chi connectivity index (χ1) is 9.15. The van der Waals surface area contributed by atoms with Crippen molar-refractivity contribution in [3.05, 3.63) is 70.0 Å². The van der Waals surface area contributed by atoms with E-state index in [0.717, 1.165) is 5.56 Å². The molecular formula is C13H10FN3O2. The number of halogens is 1. The summed E-state index contributed by atoms with van der Waals surface area (Å²) in [5, 5.41) is 14.4. The zero-order valence-corrected chi connectivity index (χ0v) is 9.79. The fourth-order valence-corrected chi connectivity index (χ4v) is 1.39. The molecule has 1 N–H and O–H groups in total. The van der Waals surface area contributed by atoms with Gasteiger partial charge >= 0.3 is 0 Å². The van der Waals surface area contributed by atoms with Crippen LogP contribution in [0.5, 0.6) is 0 Å². The lowest BCUT2D eigenvalue weighted by atomic mass is 10.2. The molecule has 2 aromatic carbocycles. The van der Waals surface area contributed by atoms with Gasteiger partial charge in [0.1, 0.15) is 5.82 Å². The second-order valence-corrected chi connectivity index (χ2v) is 3.73. The van der Waals surface area contributed by atoms with Gasteiger partial charge in [-0.05, 0) is 42.0 Å². The molecule has 0 aliphatic heterocycles. The van der Waals surface area contributed by atoms with Gasteiger partial charge in [-0.3, -0.25) is 15.5 Å². The Kier molecular flexibility index (Phi) is 3.82. The first-order valence-electron chi connectivity index (χ1n) is 5.44. The van der Waals surface area contributed by atoms with Crippen molar-refractivity contribution in [3.8, 4) is 0 Å². The first kappa shape index (κ1) is 12.7. The molecule has 0 aliphatic carbocycles. The number of rotatable bonds is 4. The summed E-state index contributed by atoms with van der Waals surface area (Å²) in [6.07, 6.45) is 1.52. The van der Waals surface area contributed by atoms with Crippen LogP contribution in [0.25, 0.3) is 0 Å². The average molecular weight is 259 g/mol. The van der Waals surface area contributed by atoms with Gasteiger partial charge in [-0.1, -0.05) is 0 Å². The predicted molar refractivity (Wildman–Crippen MR) is 70.7 cm³/mol. The molecule has 0 heterocycles. The molecule has 0 unspecified atom stereocenters. The number of anilines is 1. The fourth-order valence-electron chi connectivity index (χ4n) is 1.39.